The third kappa shape index (κ3) is 5.00. The lowest BCUT2D eigenvalue weighted by molar-refractivity contribution is -0.385. The van der Waals surface area contributed by atoms with E-state index in [2.05, 4.69) is 10.6 Å². The van der Waals surface area contributed by atoms with Crippen LogP contribution in [0.2, 0.25) is 5.02 Å². The van der Waals surface area contributed by atoms with Crippen LogP contribution in [0.3, 0.4) is 0 Å². The number of nitriles is 1. The molecule has 0 atom stereocenters. The van der Waals surface area contributed by atoms with Crippen LogP contribution < -0.4 is 10.6 Å². The fourth-order valence-corrected chi connectivity index (χ4v) is 2.10. The van der Waals surface area contributed by atoms with E-state index in [1.807, 2.05) is 0 Å². The minimum atomic E-state index is -0.827. The summed E-state index contributed by atoms with van der Waals surface area (Å²) in [5, 5.41) is 35.8. The molecule has 0 aliphatic rings. The highest BCUT2D eigenvalue weighted by Gasteiger charge is 2.13. The third-order valence-electron chi connectivity index (χ3n) is 3.21. The SMILES string of the molecule is N#C/C(=C/Nc1cc([N+](=O)[O-])ccc1Cl)C(=O)Nc1cccc([N+](=O)[O-])c1. The number of carbonyl (C=O) groups is 1. The number of benzene rings is 2. The Balaban J connectivity index is 2.19. The van der Waals surface area contributed by atoms with Gasteiger partial charge in [0.05, 0.1) is 20.6 Å². The Bertz CT molecular complexity index is 999. The van der Waals surface area contributed by atoms with Gasteiger partial charge in [-0.15, -0.1) is 0 Å². The number of nitrogens with zero attached hydrogens (tertiary/aromatic N) is 3. The number of anilines is 2. The monoisotopic (exact) mass is 387 g/mol. The number of rotatable bonds is 6. The Morgan fingerprint density at radius 1 is 1.11 bits per heavy atom. The Kier molecular flexibility index (Phi) is 6.03. The Morgan fingerprint density at radius 3 is 2.41 bits per heavy atom. The van der Waals surface area contributed by atoms with Gasteiger partial charge < -0.3 is 10.6 Å². The first kappa shape index (κ1) is 19.4. The van der Waals surface area contributed by atoms with Crippen LogP contribution in [-0.2, 0) is 4.79 Å². The molecular weight excluding hydrogens is 378 g/mol. The zero-order valence-electron chi connectivity index (χ0n) is 13.4. The normalized spacial score (nSPS) is 10.6. The van der Waals surface area contributed by atoms with Crippen molar-refractivity contribution in [2.24, 2.45) is 0 Å². The third-order valence-corrected chi connectivity index (χ3v) is 3.54. The maximum atomic E-state index is 12.2. The number of nitrogens with one attached hydrogen (secondary N) is 2. The van der Waals surface area contributed by atoms with Gasteiger partial charge in [-0.2, -0.15) is 5.26 Å². The predicted octanol–water partition coefficient (Wildman–Crippen LogP) is 3.61. The fourth-order valence-electron chi connectivity index (χ4n) is 1.93. The highest BCUT2D eigenvalue weighted by Crippen LogP contribution is 2.27. The highest BCUT2D eigenvalue weighted by atomic mass is 35.5. The average molecular weight is 388 g/mol. The fraction of sp³-hybridized carbons (Fsp3) is 0. The van der Waals surface area contributed by atoms with Crippen LogP contribution in [0.15, 0.2) is 54.2 Å². The van der Waals surface area contributed by atoms with E-state index in [0.29, 0.717) is 0 Å². The van der Waals surface area contributed by atoms with Crippen molar-refractivity contribution in [3.63, 3.8) is 0 Å². The number of halogens is 1. The summed E-state index contributed by atoms with van der Waals surface area (Å²) in [7, 11) is 0. The smallest absolute Gasteiger partial charge is 0.271 e. The number of amides is 1. The molecule has 136 valence electrons. The van der Waals surface area contributed by atoms with Crippen molar-refractivity contribution >= 4 is 40.3 Å². The van der Waals surface area contributed by atoms with Gasteiger partial charge in [0, 0.05) is 36.2 Å². The molecule has 0 aliphatic carbocycles. The van der Waals surface area contributed by atoms with Gasteiger partial charge in [0.1, 0.15) is 11.6 Å². The molecule has 0 heterocycles. The molecule has 0 fully saturated rings. The molecule has 2 aromatic rings. The van der Waals surface area contributed by atoms with E-state index < -0.39 is 15.8 Å². The van der Waals surface area contributed by atoms with Crippen molar-refractivity contribution in [2.45, 2.75) is 0 Å². The summed E-state index contributed by atoms with van der Waals surface area (Å²) in [6.07, 6.45) is 1.03. The van der Waals surface area contributed by atoms with Crippen LogP contribution in [0.4, 0.5) is 22.7 Å². The van der Waals surface area contributed by atoms with E-state index in [0.717, 1.165) is 18.3 Å². The van der Waals surface area contributed by atoms with Gasteiger partial charge in [-0.3, -0.25) is 25.0 Å². The summed E-state index contributed by atoms with van der Waals surface area (Å²) < 4.78 is 0. The lowest BCUT2D eigenvalue weighted by atomic mass is 10.2. The minimum Gasteiger partial charge on any atom is -0.359 e. The van der Waals surface area contributed by atoms with Crippen molar-refractivity contribution in [3.8, 4) is 6.07 Å². The number of carbonyl (C=O) groups excluding carboxylic acids is 1. The molecule has 0 radical (unpaired) electrons. The van der Waals surface area contributed by atoms with E-state index in [1.54, 1.807) is 6.07 Å². The second-order valence-corrected chi connectivity index (χ2v) is 5.40. The lowest BCUT2D eigenvalue weighted by Crippen LogP contribution is -2.14. The molecular formula is C16H10ClN5O5. The van der Waals surface area contributed by atoms with Gasteiger partial charge in [0.25, 0.3) is 17.3 Å². The van der Waals surface area contributed by atoms with E-state index in [9.17, 15) is 25.0 Å². The lowest BCUT2D eigenvalue weighted by Gasteiger charge is -2.06. The standard InChI is InChI=1S/C16H10ClN5O5/c17-14-5-4-13(22(26)27)7-15(14)19-9-10(8-18)16(23)20-11-2-1-3-12(6-11)21(24)25/h1-7,9,19H,(H,20,23)/b10-9-. The van der Waals surface area contributed by atoms with Crippen LogP contribution in [0.1, 0.15) is 0 Å². The summed E-state index contributed by atoms with van der Waals surface area (Å²) in [5.74, 6) is -0.827. The molecule has 10 nitrogen and oxygen atoms in total. The summed E-state index contributed by atoms with van der Waals surface area (Å²) in [6.45, 7) is 0. The number of hydrogen-bond acceptors (Lipinski definition) is 7. The van der Waals surface area contributed by atoms with Crippen molar-refractivity contribution in [3.05, 3.63) is 79.5 Å². The van der Waals surface area contributed by atoms with E-state index in [4.69, 9.17) is 16.9 Å². The average Bonchev–Trinajstić information content (AvgIpc) is 2.63. The molecule has 0 saturated heterocycles. The van der Waals surface area contributed by atoms with Gasteiger partial charge in [0.2, 0.25) is 0 Å². The number of nitro benzene ring substituents is 2. The molecule has 0 spiro atoms. The summed E-state index contributed by atoms with van der Waals surface area (Å²) in [5.41, 5.74) is -0.568. The van der Waals surface area contributed by atoms with E-state index in [1.165, 1.54) is 30.3 Å². The molecule has 2 rings (SSSR count). The van der Waals surface area contributed by atoms with Crippen LogP contribution in [-0.4, -0.2) is 15.8 Å². The Labute approximate surface area is 157 Å². The molecule has 0 aromatic heterocycles. The second kappa shape index (κ2) is 8.41. The van der Waals surface area contributed by atoms with Gasteiger partial charge in [-0.25, -0.2) is 0 Å². The maximum Gasteiger partial charge on any atom is 0.271 e. The predicted molar refractivity (Wildman–Crippen MR) is 97.2 cm³/mol. The molecule has 0 bridgehead atoms. The van der Waals surface area contributed by atoms with Crippen molar-refractivity contribution in [1.82, 2.24) is 0 Å². The van der Waals surface area contributed by atoms with Crippen molar-refractivity contribution < 1.29 is 14.6 Å². The van der Waals surface area contributed by atoms with Gasteiger partial charge in [-0.05, 0) is 12.1 Å². The molecule has 11 heteroatoms. The summed E-state index contributed by atoms with van der Waals surface area (Å²) >= 11 is 5.92. The van der Waals surface area contributed by atoms with Crippen LogP contribution >= 0.6 is 11.6 Å². The molecule has 27 heavy (non-hydrogen) atoms. The van der Waals surface area contributed by atoms with Gasteiger partial charge in [0.15, 0.2) is 0 Å². The number of hydrogen-bond donors (Lipinski definition) is 2. The summed E-state index contributed by atoms with van der Waals surface area (Å²) in [6, 6.07) is 10.5. The van der Waals surface area contributed by atoms with E-state index in [-0.39, 0.29) is 33.3 Å². The van der Waals surface area contributed by atoms with Crippen LogP contribution in [0.5, 0.6) is 0 Å². The maximum absolute atomic E-state index is 12.2. The minimum absolute atomic E-state index is 0.127. The first-order valence-corrected chi connectivity index (χ1v) is 7.56. The molecule has 0 saturated carbocycles. The number of non-ortho nitro benzene ring substituents is 2. The van der Waals surface area contributed by atoms with E-state index >= 15 is 0 Å². The zero-order chi connectivity index (χ0) is 20.0. The summed E-state index contributed by atoms with van der Waals surface area (Å²) in [4.78, 5) is 32.5. The second-order valence-electron chi connectivity index (χ2n) is 5.00. The van der Waals surface area contributed by atoms with Gasteiger partial charge in [-0.1, -0.05) is 17.7 Å². The highest BCUT2D eigenvalue weighted by molar-refractivity contribution is 6.33. The van der Waals surface area contributed by atoms with Crippen LogP contribution in [0, 0.1) is 31.6 Å². The Hall–Kier alpha value is -3.97. The quantitative estimate of drug-likeness (QED) is 0.332. The van der Waals surface area contributed by atoms with Crippen LogP contribution in [0.25, 0.3) is 0 Å². The first-order valence-electron chi connectivity index (χ1n) is 7.18. The molecule has 0 aliphatic heterocycles. The molecule has 2 aromatic carbocycles. The number of nitro groups is 2. The largest absolute Gasteiger partial charge is 0.359 e. The van der Waals surface area contributed by atoms with Crippen molar-refractivity contribution in [2.75, 3.05) is 10.6 Å². The van der Waals surface area contributed by atoms with Gasteiger partial charge >= 0.3 is 0 Å². The molecule has 2 N–H and O–H groups in total. The molecule has 0 unspecified atom stereocenters. The molecule has 1 amide bonds. The Morgan fingerprint density at radius 2 is 1.78 bits per heavy atom. The van der Waals surface area contributed by atoms with Crippen molar-refractivity contribution in [1.29, 1.82) is 5.26 Å². The zero-order valence-corrected chi connectivity index (χ0v) is 14.1. The topological polar surface area (TPSA) is 151 Å². The first-order chi connectivity index (χ1) is 12.8.